The number of nitrogens with zero attached hydrogens (tertiary/aromatic N) is 2. The van der Waals surface area contributed by atoms with Crippen molar-refractivity contribution in [1.29, 1.82) is 0 Å². The lowest BCUT2D eigenvalue weighted by Crippen LogP contribution is -2.31. The number of hydrogen-bond donors (Lipinski definition) is 2. The molecule has 4 aromatic rings. The Morgan fingerprint density at radius 2 is 1.81 bits per heavy atom. The molecule has 3 aromatic carbocycles. The number of nitrogens with one attached hydrogen (secondary N) is 2. The molecule has 0 bridgehead atoms. The molecule has 0 fully saturated rings. The van der Waals surface area contributed by atoms with Crippen LogP contribution in [-0.2, 0) is 4.79 Å². The van der Waals surface area contributed by atoms with Crippen LogP contribution in [0, 0.1) is 6.92 Å². The Bertz CT molecular complexity index is 1350. The molecule has 0 saturated carbocycles. The van der Waals surface area contributed by atoms with Crippen LogP contribution in [0.1, 0.15) is 24.1 Å². The topological polar surface area (TPSA) is 68.2 Å². The summed E-state index contributed by atoms with van der Waals surface area (Å²) in [7, 11) is 1.62. The Kier molecular flexibility index (Phi) is 4.90. The zero-order valence-electron chi connectivity index (χ0n) is 18.2. The highest BCUT2D eigenvalue weighted by Crippen LogP contribution is 2.39. The van der Waals surface area contributed by atoms with Crippen molar-refractivity contribution in [2.75, 3.05) is 17.7 Å². The molecule has 0 spiro atoms. The molecule has 2 heterocycles. The monoisotopic (exact) mass is 424 g/mol. The molecule has 0 aliphatic carbocycles. The molecule has 1 aliphatic rings. The van der Waals surface area contributed by atoms with E-state index < -0.39 is 0 Å². The highest BCUT2D eigenvalue weighted by atomic mass is 16.5. The van der Waals surface area contributed by atoms with Gasteiger partial charge in [-0.25, -0.2) is 4.98 Å². The number of methoxy groups -OCH3 is 1. The third-order valence-corrected chi connectivity index (χ3v) is 5.78. The number of hydrogen-bond acceptors (Lipinski definition) is 4. The van der Waals surface area contributed by atoms with E-state index in [9.17, 15) is 4.79 Å². The summed E-state index contributed by atoms with van der Waals surface area (Å²) >= 11 is 0. The number of allylic oxidation sites excluding steroid dienone is 1. The first-order valence-electron chi connectivity index (χ1n) is 10.5. The second-order valence-corrected chi connectivity index (χ2v) is 7.96. The van der Waals surface area contributed by atoms with E-state index in [2.05, 4.69) is 40.3 Å². The maximum absolute atomic E-state index is 13.6. The van der Waals surface area contributed by atoms with Crippen LogP contribution in [0.5, 0.6) is 5.75 Å². The first-order chi connectivity index (χ1) is 15.5. The van der Waals surface area contributed by atoms with Crippen molar-refractivity contribution in [2.24, 2.45) is 0 Å². The second kappa shape index (κ2) is 7.89. The van der Waals surface area contributed by atoms with Crippen LogP contribution in [0.25, 0.3) is 11.0 Å². The average molecular weight is 425 g/mol. The minimum Gasteiger partial charge on any atom is -0.497 e. The average Bonchev–Trinajstić information content (AvgIpc) is 3.16. The summed E-state index contributed by atoms with van der Waals surface area (Å²) in [5.74, 6) is 1.32. The van der Waals surface area contributed by atoms with Crippen LogP contribution in [0.3, 0.4) is 0 Å². The Labute approximate surface area is 186 Å². The molecule has 1 amide bonds. The number of carbonyl (C=O) groups excluding carboxylic acids is 1. The van der Waals surface area contributed by atoms with Gasteiger partial charge in [0.1, 0.15) is 5.75 Å². The summed E-state index contributed by atoms with van der Waals surface area (Å²) in [6, 6.07) is 23.3. The third kappa shape index (κ3) is 3.39. The van der Waals surface area contributed by atoms with Gasteiger partial charge in [0.05, 0.1) is 29.8 Å². The zero-order chi connectivity index (χ0) is 22.2. The summed E-state index contributed by atoms with van der Waals surface area (Å²) < 4.78 is 7.33. The van der Waals surface area contributed by atoms with E-state index in [0.717, 1.165) is 39.6 Å². The van der Waals surface area contributed by atoms with Gasteiger partial charge >= 0.3 is 0 Å². The van der Waals surface area contributed by atoms with Crippen molar-refractivity contribution < 1.29 is 9.53 Å². The van der Waals surface area contributed by atoms with Crippen LogP contribution < -0.4 is 15.4 Å². The van der Waals surface area contributed by atoms with Crippen molar-refractivity contribution in [3.05, 3.63) is 95.2 Å². The van der Waals surface area contributed by atoms with Crippen molar-refractivity contribution >= 4 is 28.6 Å². The Hall–Kier alpha value is -4.06. The summed E-state index contributed by atoms with van der Waals surface area (Å²) in [5, 5.41) is 6.40. The predicted octanol–water partition coefficient (Wildman–Crippen LogP) is 5.28. The largest absolute Gasteiger partial charge is 0.497 e. The highest BCUT2D eigenvalue weighted by Gasteiger charge is 2.34. The van der Waals surface area contributed by atoms with E-state index >= 15 is 0 Å². The highest BCUT2D eigenvalue weighted by molar-refractivity contribution is 6.06. The lowest BCUT2D eigenvalue weighted by atomic mass is 9.93. The minimum atomic E-state index is -0.309. The van der Waals surface area contributed by atoms with Crippen LogP contribution in [0.2, 0.25) is 0 Å². The SMILES string of the molecule is COc1ccc(NC(=O)C2=C(C)Nc3nc4ccccc4n3[C@H]2c2cccc(C)c2)cc1. The number of ether oxygens (including phenoxy) is 1. The molecule has 6 heteroatoms. The Balaban J connectivity index is 1.63. The van der Waals surface area contributed by atoms with Gasteiger partial charge in [0.2, 0.25) is 5.95 Å². The van der Waals surface area contributed by atoms with Gasteiger partial charge in [-0.15, -0.1) is 0 Å². The first kappa shape index (κ1) is 19.9. The summed E-state index contributed by atoms with van der Waals surface area (Å²) in [4.78, 5) is 18.4. The van der Waals surface area contributed by atoms with Crippen LogP contribution >= 0.6 is 0 Å². The van der Waals surface area contributed by atoms with E-state index in [0.29, 0.717) is 11.3 Å². The van der Waals surface area contributed by atoms with Gasteiger partial charge in [0.25, 0.3) is 5.91 Å². The zero-order valence-corrected chi connectivity index (χ0v) is 18.2. The number of aromatic nitrogens is 2. The molecule has 1 aromatic heterocycles. The molecular weight excluding hydrogens is 400 g/mol. The number of fused-ring (bicyclic) bond motifs is 3. The standard InChI is InChI=1S/C26H24N4O2/c1-16-7-6-8-18(15-16)24-23(25(31)28-19-11-13-20(32-3)14-12-19)17(2)27-26-29-21-9-4-5-10-22(21)30(24)26/h4-15,24H,1-3H3,(H,27,29)(H,28,31)/t24-/m0/s1. The summed E-state index contributed by atoms with van der Waals surface area (Å²) in [6.45, 7) is 3.99. The van der Waals surface area contributed by atoms with E-state index in [4.69, 9.17) is 9.72 Å². The normalized spacial score (nSPS) is 15.3. The lowest BCUT2D eigenvalue weighted by Gasteiger charge is -2.31. The van der Waals surface area contributed by atoms with Crippen molar-refractivity contribution in [2.45, 2.75) is 19.9 Å². The van der Waals surface area contributed by atoms with Gasteiger partial charge in [-0.3, -0.25) is 9.36 Å². The van der Waals surface area contributed by atoms with E-state index in [1.807, 2.05) is 61.5 Å². The molecular formula is C26H24N4O2. The van der Waals surface area contributed by atoms with Gasteiger partial charge in [-0.1, -0.05) is 42.0 Å². The molecule has 1 atom stereocenters. The second-order valence-electron chi connectivity index (χ2n) is 7.96. The summed E-state index contributed by atoms with van der Waals surface area (Å²) in [6.07, 6.45) is 0. The molecule has 0 saturated heterocycles. The van der Waals surface area contributed by atoms with Crippen LogP contribution in [0.15, 0.2) is 84.1 Å². The van der Waals surface area contributed by atoms with Crippen molar-refractivity contribution in [3.63, 3.8) is 0 Å². The molecule has 160 valence electrons. The Morgan fingerprint density at radius 3 is 2.56 bits per heavy atom. The number of carbonyl (C=O) groups is 1. The van der Waals surface area contributed by atoms with Gasteiger partial charge in [-0.2, -0.15) is 0 Å². The fraction of sp³-hybridized carbons (Fsp3) is 0.154. The van der Waals surface area contributed by atoms with Gasteiger partial charge in [0.15, 0.2) is 0 Å². The first-order valence-corrected chi connectivity index (χ1v) is 10.5. The fourth-order valence-electron chi connectivity index (χ4n) is 4.29. The predicted molar refractivity (Wildman–Crippen MR) is 127 cm³/mol. The number of aryl methyl sites for hydroxylation is 1. The smallest absolute Gasteiger partial charge is 0.255 e. The number of para-hydroxylation sites is 2. The molecule has 6 nitrogen and oxygen atoms in total. The maximum atomic E-state index is 13.6. The van der Waals surface area contributed by atoms with Gasteiger partial charge < -0.3 is 15.4 Å². The molecule has 32 heavy (non-hydrogen) atoms. The quantitative estimate of drug-likeness (QED) is 0.468. The lowest BCUT2D eigenvalue weighted by molar-refractivity contribution is -0.113. The molecule has 0 unspecified atom stereocenters. The summed E-state index contributed by atoms with van der Waals surface area (Å²) in [5.41, 5.74) is 6.18. The van der Waals surface area contributed by atoms with E-state index in [1.165, 1.54) is 0 Å². The van der Waals surface area contributed by atoms with Crippen molar-refractivity contribution in [3.8, 4) is 5.75 Å². The van der Waals surface area contributed by atoms with Gasteiger partial charge in [-0.05, 0) is 55.8 Å². The fourth-order valence-corrected chi connectivity index (χ4v) is 4.29. The minimum absolute atomic E-state index is 0.157. The van der Waals surface area contributed by atoms with Crippen molar-refractivity contribution in [1.82, 2.24) is 9.55 Å². The van der Waals surface area contributed by atoms with Crippen LogP contribution in [0.4, 0.5) is 11.6 Å². The number of anilines is 2. The molecule has 5 rings (SSSR count). The third-order valence-electron chi connectivity index (χ3n) is 5.78. The molecule has 0 radical (unpaired) electrons. The number of rotatable bonds is 4. The number of imidazole rings is 1. The maximum Gasteiger partial charge on any atom is 0.255 e. The van der Waals surface area contributed by atoms with E-state index in [-0.39, 0.29) is 11.9 Å². The number of benzene rings is 3. The number of amides is 1. The Morgan fingerprint density at radius 1 is 1.03 bits per heavy atom. The molecule has 2 N–H and O–H groups in total. The molecule has 1 aliphatic heterocycles. The van der Waals surface area contributed by atoms with E-state index in [1.54, 1.807) is 7.11 Å². The van der Waals surface area contributed by atoms with Gasteiger partial charge in [0, 0.05) is 11.4 Å². The van der Waals surface area contributed by atoms with Crippen LogP contribution in [-0.4, -0.2) is 22.6 Å².